The van der Waals surface area contributed by atoms with Gasteiger partial charge in [0.1, 0.15) is 5.76 Å². The van der Waals surface area contributed by atoms with Gasteiger partial charge in [-0.15, -0.1) is 0 Å². The number of allylic oxidation sites excluding steroid dienone is 1. The average Bonchev–Trinajstić information content (AvgIpc) is 2.76. The Morgan fingerprint density at radius 1 is 1.16 bits per heavy atom. The largest absolute Gasteiger partial charge is 0.484 e. The minimum absolute atomic E-state index is 0.0607. The molecular weight excluding hydrogens is 240 g/mol. The first-order valence-electron chi connectivity index (χ1n) is 7.78. The van der Waals surface area contributed by atoms with Crippen LogP contribution >= 0.6 is 0 Å². The summed E-state index contributed by atoms with van der Waals surface area (Å²) < 4.78 is 5.61. The van der Waals surface area contributed by atoms with Gasteiger partial charge in [-0.1, -0.05) is 52.4 Å². The first-order chi connectivity index (χ1) is 9.19. The van der Waals surface area contributed by atoms with Gasteiger partial charge in [0.15, 0.2) is 6.10 Å². The Morgan fingerprint density at radius 3 is 2.53 bits per heavy atom. The monoisotopic (exact) mass is 268 g/mol. The van der Waals surface area contributed by atoms with Crippen LogP contribution in [0.4, 0.5) is 0 Å². The lowest BCUT2D eigenvalue weighted by Gasteiger charge is -2.18. The molecule has 1 rings (SSSR count). The van der Waals surface area contributed by atoms with Crippen LogP contribution in [-0.4, -0.2) is 23.1 Å². The van der Waals surface area contributed by atoms with Crippen molar-refractivity contribution in [3.63, 3.8) is 0 Å². The molecule has 0 aromatic heterocycles. The van der Waals surface area contributed by atoms with Crippen LogP contribution in [0.5, 0.6) is 0 Å². The van der Waals surface area contributed by atoms with Crippen LogP contribution in [0.1, 0.15) is 71.6 Å². The van der Waals surface area contributed by atoms with Gasteiger partial charge in [-0.25, -0.2) is 0 Å². The molecule has 3 nitrogen and oxygen atoms in total. The summed E-state index contributed by atoms with van der Waals surface area (Å²) in [7, 11) is 0. The molecular formula is C16H28O3. The van der Waals surface area contributed by atoms with Crippen LogP contribution in [0.2, 0.25) is 0 Å². The Morgan fingerprint density at radius 2 is 1.84 bits per heavy atom. The maximum Gasteiger partial charge on any atom is 0.202 e. The van der Waals surface area contributed by atoms with E-state index in [2.05, 4.69) is 13.8 Å². The molecule has 1 N–H and O–H groups in total. The van der Waals surface area contributed by atoms with Gasteiger partial charge in [0.05, 0.1) is 6.10 Å². The average molecular weight is 268 g/mol. The summed E-state index contributed by atoms with van der Waals surface area (Å²) in [6, 6.07) is 0. The van der Waals surface area contributed by atoms with Crippen molar-refractivity contribution in [2.75, 3.05) is 0 Å². The zero-order chi connectivity index (χ0) is 14.1. The lowest BCUT2D eigenvalue weighted by Crippen LogP contribution is -2.31. The number of carbonyl (C=O) groups is 1. The molecule has 0 fully saturated rings. The number of rotatable bonds is 10. The molecule has 2 atom stereocenters. The van der Waals surface area contributed by atoms with Gasteiger partial charge >= 0.3 is 0 Å². The minimum atomic E-state index is -0.650. The number of aliphatic hydroxyl groups is 1. The smallest absolute Gasteiger partial charge is 0.202 e. The number of ether oxygens (including phenoxy) is 1. The summed E-state index contributed by atoms with van der Waals surface area (Å²) in [6.07, 6.45) is 9.60. The summed E-state index contributed by atoms with van der Waals surface area (Å²) >= 11 is 0. The second-order valence-electron chi connectivity index (χ2n) is 5.43. The molecule has 0 aliphatic carbocycles. The van der Waals surface area contributed by atoms with Crippen LogP contribution in [0.15, 0.2) is 11.8 Å². The van der Waals surface area contributed by atoms with Gasteiger partial charge in [-0.2, -0.15) is 0 Å². The molecule has 0 unspecified atom stereocenters. The van der Waals surface area contributed by atoms with Crippen LogP contribution < -0.4 is 0 Å². The summed E-state index contributed by atoms with van der Waals surface area (Å²) in [6.45, 7) is 4.30. The molecule has 0 amide bonds. The van der Waals surface area contributed by atoms with Crippen molar-refractivity contribution in [2.45, 2.75) is 83.8 Å². The quantitative estimate of drug-likeness (QED) is 0.614. The standard InChI is InChI=1S/C16H28O3/c1-3-5-7-9-10-13-12-15(18)16(19-13)14(17)11-8-6-4-2/h12,14,16-17H,3-11H2,1-2H3/t14-,16-/m0/s1. The third-order valence-electron chi connectivity index (χ3n) is 3.59. The molecule has 110 valence electrons. The topological polar surface area (TPSA) is 46.5 Å². The van der Waals surface area contributed by atoms with E-state index in [1.54, 1.807) is 6.08 Å². The first-order valence-corrected chi connectivity index (χ1v) is 7.78. The van der Waals surface area contributed by atoms with Gasteiger partial charge in [-0.05, 0) is 12.8 Å². The molecule has 0 saturated heterocycles. The van der Waals surface area contributed by atoms with Gasteiger partial charge in [0.2, 0.25) is 5.78 Å². The van der Waals surface area contributed by atoms with E-state index in [1.165, 1.54) is 19.3 Å². The van der Waals surface area contributed by atoms with Crippen LogP contribution in [0, 0.1) is 0 Å². The summed E-state index contributed by atoms with van der Waals surface area (Å²) in [4.78, 5) is 11.8. The maximum atomic E-state index is 11.8. The Hall–Kier alpha value is -0.830. The van der Waals surface area contributed by atoms with Gasteiger partial charge < -0.3 is 9.84 Å². The van der Waals surface area contributed by atoms with Crippen molar-refractivity contribution >= 4 is 5.78 Å². The number of hydrogen-bond donors (Lipinski definition) is 1. The van der Waals surface area contributed by atoms with E-state index in [-0.39, 0.29) is 5.78 Å². The fourth-order valence-electron chi connectivity index (χ4n) is 2.38. The Balaban J connectivity index is 2.27. The van der Waals surface area contributed by atoms with Crippen LogP contribution in [0.25, 0.3) is 0 Å². The lowest BCUT2D eigenvalue weighted by molar-refractivity contribution is -0.126. The zero-order valence-electron chi connectivity index (χ0n) is 12.4. The maximum absolute atomic E-state index is 11.8. The van der Waals surface area contributed by atoms with Gasteiger partial charge in [0, 0.05) is 12.5 Å². The summed E-state index contributed by atoms with van der Waals surface area (Å²) in [5.74, 6) is 0.704. The third-order valence-corrected chi connectivity index (χ3v) is 3.59. The number of aliphatic hydroxyl groups excluding tert-OH is 1. The molecule has 0 aromatic carbocycles. The van der Waals surface area contributed by atoms with E-state index in [4.69, 9.17) is 4.74 Å². The van der Waals surface area contributed by atoms with E-state index in [1.807, 2.05) is 0 Å². The van der Waals surface area contributed by atoms with Crippen LogP contribution in [-0.2, 0) is 9.53 Å². The van der Waals surface area contributed by atoms with Crippen molar-refractivity contribution in [1.29, 1.82) is 0 Å². The fraction of sp³-hybridized carbons (Fsp3) is 0.812. The molecule has 0 radical (unpaired) electrons. The van der Waals surface area contributed by atoms with E-state index >= 15 is 0 Å². The minimum Gasteiger partial charge on any atom is -0.484 e. The van der Waals surface area contributed by atoms with Crippen molar-refractivity contribution in [3.8, 4) is 0 Å². The van der Waals surface area contributed by atoms with Crippen molar-refractivity contribution < 1.29 is 14.6 Å². The molecule has 1 aliphatic heterocycles. The molecule has 3 heteroatoms. The first kappa shape index (κ1) is 16.2. The predicted molar refractivity (Wildman–Crippen MR) is 76.9 cm³/mol. The van der Waals surface area contributed by atoms with E-state index < -0.39 is 12.2 Å². The predicted octanol–water partition coefficient (Wildman–Crippen LogP) is 3.75. The normalized spacial score (nSPS) is 20.3. The highest BCUT2D eigenvalue weighted by Gasteiger charge is 2.32. The van der Waals surface area contributed by atoms with Crippen molar-refractivity contribution in [1.82, 2.24) is 0 Å². The molecule has 1 aliphatic rings. The number of hydrogen-bond acceptors (Lipinski definition) is 3. The van der Waals surface area contributed by atoms with Gasteiger partial charge in [-0.3, -0.25) is 4.79 Å². The van der Waals surface area contributed by atoms with Gasteiger partial charge in [0.25, 0.3) is 0 Å². The zero-order valence-corrected chi connectivity index (χ0v) is 12.4. The van der Waals surface area contributed by atoms with E-state index in [0.29, 0.717) is 6.42 Å². The fourth-order valence-corrected chi connectivity index (χ4v) is 2.38. The second kappa shape index (κ2) is 9.13. The molecule has 0 bridgehead atoms. The lowest BCUT2D eigenvalue weighted by atomic mass is 10.0. The van der Waals surface area contributed by atoms with E-state index in [0.717, 1.165) is 37.9 Å². The number of carbonyl (C=O) groups excluding carboxylic acids is 1. The molecule has 0 spiro atoms. The summed E-state index contributed by atoms with van der Waals surface area (Å²) in [5, 5.41) is 9.99. The van der Waals surface area contributed by atoms with Crippen molar-refractivity contribution in [2.24, 2.45) is 0 Å². The SMILES string of the molecule is CCCCCCC1=CC(=O)[C@H]([C@@H](O)CCCCC)O1. The highest BCUT2D eigenvalue weighted by Crippen LogP contribution is 2.23. The Bertz CT molecular complexity index is 296. The highest BCUT2D eigenvalue weighted by molar-refractivity contribution is 5.96. The Kier molecular flexibility index (Phi) is 7.80. The molecule has 0 saturated carbocycles. The second-order valence-corrected chi connectivity index (χ2v) is 5.43. The Labute approximate surface area is 117 Å². The number of unbranched alkanes of at least 4 members (excludes halogenated alkanes) is 5. The van der Waals surface area contributed by atoms with Crippen LogP contribution in [0.3, 0.4) is 0 Å². The summed E-state index contributed by atoms with van der Waals surface area (Å²) in [5.41, 5.74) is 0. The molecule has 19 heavy (non-hydrogen) atoms. The van der Waals surface area contributed by atoms with Crippen molar-refractivity contribution in [3.05, 3.63) is 11.8 Å². The highest BCUT2D eigenvalue weighted by atomic mass is 16.5. The number of ketones is 1. The van der Waals surface area contributed by atoms with E-state index in [9.17, 15) is 9.90 Å². The molecule has 0 aromatic rings. The third kappa shape index (κ3) is 5.77. The molecule has 1 heterocycles.